The number of nitrogens with one attached hydrogen (secondary N) is 1. The lowest BCUT2D eigenvalue weighted by Crippen LogP contribution is -2.47. The number of carbonyl (C=O) groups excluding carboxylic acids is 2. The Balaban J connectivity index is 1.70. The van der Waals surface area contributed by atoms with E-state index in [4.69, 9.17) is 0 Å². The number of rotatable bonds is 3. The van der Waals surface area contributed by atoms with Crippen LogP contribution in [0, 0.1) is 0 Å². The van der Waals surface area contributed by atoms with Crippen molar-refractivity contribution in [3.05, 3.63) is 57.8 Å². The summed E-state index contributed by atoms with van der Waals surface area (Å²) >= 11 is 1.61. The molecule has 1 N–H and O–H groups in total. The molecule has 1 saturated carbocycles. The second-order valence-corrected chi connectivity index (χ2v) is 8.62. The fourth-order valence-corrected chi connectivity index (χ4v) is 5.39. The zero-order valence-electron chi connectivity index (χ0n) is 15.7. The fourth-order valence-electron chi connectivity index (χ4n) is 4.49. The van der Waals surface area contributed by atoms with Gasteiger partial charge >= 0.3 is 0 Å². The van der Waals surface area contributed by atoms with Crippen LogP contribution in [0.3, 0.4) is 0 Å². The highest BCUT2D eigenvalue weighted by atomic mass is 32.1. The SMILES string of the molecule is CN1C(=O)c2ccccc2[C@@H](C(=O)NC2CCCCCC2)[C@@H]1c1cccs1. The molecule has 2 amide bonds. The Morgan fingerprint density at radius 2 is 1.81 bits per heavy atom. The van der Waals surface area contributed by atoms with Gasteiger partial charge in [0.05, 0.1) is 12.0 Å². The minimum atomic E-state index is -0.370. The van der Waals surface area contributed by atoms with Crippen LogP contribution in [0.15, 0.2) is 41.8 Å². The third-order valence-electron chi connectivity index (χ3n) is 5.90. The van der Waals surface area contributed by atoms with E-state index in [0.717, 1.165) is 23.3 Å². The number of fused-ring (bicyclic) bond motifs is 1. The third-order valence-corrected chi connectivity index (χ3v) is 6.84. The second-order valence-electron chi connectivity index (χ2n) is 7.64. The molecule has 142 valence electrons. The molecule has 5 heteroatoms. The smallest absolute Gasteiger partial charge is 0.254 e. The number of likely N-dealkylation sites (N-methyl/N-ethyl adjacent to an activating group) is 1. The van der Waals surface area contributed by atoms with Crippen molar-refractivity contribution in [3.8, 4) is 0 Å². The van der Waals surface area contributed by atoms with Gasteiger partial charge in [-0.15, -0.1) is 11.3 Å². The number of hydrogen-bond acceptors (Lipinski definition) is 3. The largest absolute Gasteiger partial charge is 0.353 e. The zero-order valence-corrected chi connectivity index (χ0v) is 16.5. The maximum Gasteiger partial charge on any atom is 0.254 e. The second kappa shape index (κ2) is 7.85. The maximum atomic E-state index is 13.5. The van der Waals surface area contributed by atoms with Gasteiger partial charge in [0.15, 0.2) is 0 Å². The molecule has 0 unspecified atom stereocenters. The van der Waals surface area contributed by atoms with Gasteiger partial charge in [-0.25, -0.2) is 0 Å². The van der Waals surface area contributed by atoms with E-state index < -0.39 is 0 Å². The van der Waals surface area contributed by atoms with E-state index in [0.29, 0.717) is 5.56 Å². The summed E-state index contributed by atoms with van der Waals surface area (Å²) in [4.78, 5) is 29.2. The van der Waals surface area contributed by atoms with Crippen molar-refractivity contribution >= 4 is 23.2 Å². The number of thiophene rings is 1. The summed E-state index contributed by atoms with van der Waals surface area (Å²) in [5.74, 6) is -0.333. The van der Waals surface area contributed by atoms with E-state index in [9.17, 15) is 9.59 Å². The van der Waals surface area contributed by atoms with Gasteiger partial charge in [-0.1, -0.05) is 49.9 Å². The molecule has 1 aromatic carbocycles. The lowest BCUT2D eigenvalue weighted by atomic mass is 9.81. The topological polar surface area (TPSA) is 49.4 Å². The Hall–Kier alpha value is -2.14. The third kappa shape index (κ3) is 3.53. The summed E-state index contributed by atoms with van der Waals surface area (Å²) in [5.41, 5.74) is 1.50. The van der Waals surface area contributed by atoms with Crippen molar-refractivity contribution in [1.82, 2.24) is 10.2 Å². The minimum Gasteiger partial charge on any atom is -0.353 e. The number of hydrogen-bond donors (Lipinski definition) is 1. The van der Waals surface area contributed by atoms with Crippen LogP contribution in [0.2, 0.25) is 0 Å². The predicted molar refractivity (Wildman–Crippen MR) is 108 cm³/mol. The van der Waals surface area contributed by atoms with Crippen LogP contribution in [0.1, 0.15) is 71.3 Å². The molecular formula is C22H26N2O2S. The first-order valence-electron chi connectivity index (χ1n) is 9.86. The Bertz CT molecular complexity index is 809. The zero-order chi connectivity index (χ0) is 18.8. The Morgan fingerprint density at radius 3 is 2.52 bits per heavy atom. The van der Waals surface area contributed by atoms with Gasteiger partial charge < -0.3 is 10.2 Å². The molecule has 2 aromatic rings. The van der Waals surface area contributed by atoms with Crippen LogP contribution in [-0.4, -0.2) is 29.8 Å². The number of carbonyl (C=O) groups is 2. The van der Waals surface area contributed by atoms with E-state index in [1.807, 2.05) is 48.8 Å². The molecule has 2 atom stereocenters. The maximum absolute atomic E-state index is 13.5. The molecule has 2 heterocycles. The van der Waals surface area contributed by atoms with E-state index in [-0.39, 0.29) is 29.8 Å². The first kappa shape index (κ1) is 18.2. The van der Waals surface area contributed by atoms with Crippen LogP contribution < -0.4 is 5.32 Å². The van der Waals surface area contributed by atoms with Crippen molar-refractivity contribution in [3.63, 3.8) is 0 Å². The van der Waals surface area contributed by atoms with Gasteiger partial charge in [-0.2, -0.15) is 0 Å². The molecular weight excluding hydrogens is 356 g/mol. The molecule has 0 saturated heterocycles. The molecule has 0 radical (unpaired) electrons. The average Bonchev–Trinajstić information content (AvgIpc) is 3.09. The Kier molecular flexibility index (Phi) is 5.30. The summed E-state index contributed by atoms with van der Waals surface area (Å²) in [6, 6.07) is 11.6. The van der Waals surface area contributed by atoms with E-state index in [1.165, 1.54) is 25.7 Å². The highest BCUT2D eigenvalue weighted by Crippen LogP contribution is 2.43. The highest BCUT2D eigenvalue weighted by molar-refractivity contribution is 7.10. The molecule has 4 rings (SSSR count). The first-order valence-corrected chi connectivity index (χ1v) is 10.7. The molecule has 4 nitrogen and oxygen atoms in total. The molecule has 2 aliphatic rings. The molecule has 1 aliphatic carbocycles. The standard InChI is InChI=1S/C22H26N2O2S/c1-24-20(18-13-8-14-27-18)19(16-11-6-7-12-17(16)22(24)26)21(25)23-15-9-4-2-3-5-10-15/h6-8,11-15,19-20H,2-5,9-10H2,1H3,(H,23,25)/t19-,20+/m1/s1. The Labute approximate surface area is 164 Å². The van der Waals surface area contributed by atoms with Crippen LogP contribution in [0.5, 0.6) is 0 Å². The number of nitrogens with zero attached hydrogens (tertiary/aromatic N) is 1. The van der Waals surface area contributed by atoms with Gasteiger partial charge in [-0.05, 0) is 35.9 Å². The van der Waals surface area contributed by atoms with Crippen LogP contribution in [-0.2, 0) is 4.79 Å². The molecule has 1 fully saturated rings. The van der Waals surface area contributed by atoms with E-state index >= 15 is 0 Å². The predicted octanol–water partition coefficient (Wildman–Crippen LogP) is 4.50. The minimum absolute atomic E-state index is 0.0116. The van der Waals surface area contributed by atoms with Crippen molar-refractivity contribution < 1.29 is 9.59 Å². The summed E-state index contributed by atoms with van der Waals surface area (Å²) < 4.78 is 0. The number of benzene rings is 1. The van der Waals surface area contributed by atoms with Gasteiger partial charge in [-0.3, -0.25) is 9.59 Å². The molecule has 1 aromatic heterocycles. The summed E-state index contributed by atoms with van der Waals surface area (Å²) in [6.07, 6.45) is 6.98. The van der Waals surface area contributed by atoms with Crippen molar-refractivity contribution in [2.24, 2.45) is 0 Å². The average molecular weight is 383 g/mol. The molecule has 0 bridgehead atoms. The molecule has 0 spiro atoms. The van der Waals surface area contributed by atoms with Crippen LogP contribution in [0.25, 0.3) is 0 Å². The summed E-state index contributed by atoms with van der Waals surface area (Å²) in [6.45, 7) is 0. The van der Waals surface area contributed by atoms with Gasteiger partial charge in [0, 0.05) is 23.5 Å². The summed E-state index contributed by atoms with van der Waals surface area (Å²) in [5, 5.41) is 5.33. The highest BCUT2D eigenvalue weighted by Gasteiger charge is 2.43. The van der Waals surface area contributed by atoms with E-state index in [1.54, 1.807) is 16.2 Å². The van der Waals surface area contributed by atoms with Crippen molar-refractivity contribution in [1.29, 1.82) is 0 Å². The normalized spacial score (nSPS) is 23.6. The first-order chi connectivity index (χ1) is 13.2. The van der Waals surface area contributed by atoms with E-state index in [2.05, 4.69) is 5.32 Å². The summed E-state index contributed by atoms with van der Waals surface area (Å²) in [7, 11) is 1.81. The lowest BCUT2D eigenvalue weighted by molar-refractivity contribution is -0.124. The fraction of sp³-hybridized carbons (Fsp3) is 0.455. The van der Waals surface area contributed by atoms with Crippen LogP contribution in [0.4, 0.5) is 0 Å². The lowest BCUT2D eigenvalue weighted by Gasteiger charge is -2.39. The Morgan fingerprint density at radius 1 is 1.07 bits per heavy atom. The van der Waals surface area contributed by atoms with Crippen molar-refractivity contribution in [2.45, 2.75) is 56.5 Å². The van der Waals surface area contributed by atoms with Gasteiger partial charge in [0.25, 0.3) is 5.91 Å². The molecule has 27 heavy (non-hydrogen) atoms. The van der Waals surface area contributed by atoms with Crippen molar-refractivity contribution in [2.75, 3.05) is 7.05 Å². The quantitative estimate of drug-likeness (QED) is 0.795. The van der Waals surface area contributed by atoms with Gasteiger partial charge in [0.2, 0.25) is 5.91 Å². The number of amides is 2. The monoisotopic (exact) mass is 382 g/mol. The van der Waals surface area contributed by atoms with Crippen LogP contribution >= 0.6 is 11.3 Å². The van der Waals surface area contributed by atoms with Gasteiger partial charge in [0.1, 0.15) is 0 Å². The molecule has 1 aliphatic heterocycles.